The second-order valence-electron chi connectivity index (χ2n) is 4.71. The van der Waals surface area contributed by atoms with E-state index in [2.05, 4.69) is 0 Å². The van der Waals surface area contributed by atoms with Crippen LogP contribution < -0.4 is 5.73 Å². The smallest absolute Gasteiger partial charge is 0.281 e. The molecular formula is C10H20N4O4S. The summed E-state index contributed by atoms with van der Waals surface area (Å²) < 4.78 is 26.4. The van der Waals surface area contributed by atoms with E-state index in [4.69, 9.17) is 5.73 Å². The molecule has 8 nitrogen and oxygen atoms in total. The molecule has 0 unspecified atom stereocenters. The molecule has 0 aromatic heterocycles. The van der Waals surface area contributed by atoms with Crippen LogP contribution in [0.4, 0.5) is 0 Å². The van der Waals surface area contributed by atoms with Crippen molar-refractivity contribution in [3.05, 3.63) is 0 Å². The maximum Gasteiger partial charge on any atom is 0.281 e. The fraction of sp³-hybridized carbons (Fsp3) is 0.800. The molecule has 0 aromatic carbocycles. The van der Waals surface area contributed by atoms with Gasteiger partial charge in [-0.15, -0.1) is 0 Å². The third kappa shape index (κ3) is 3.64. The lowest BCUT2D eigenvalue weighted by Gasteiger charge is -2.25. The molecule has 1 rings (SSSR count). The highest BCUT2D eigenvalue weighted by atomic mass is 32.2. The minimum Gasteiger partial charge on any atom is -0.369 e. The first-order chi connectivity index (χ1) is 8.66. The predicted octanol–water partition coefficient (Wildman–Crippen LogP) is -1.94. The number of hydrogen-bond acceptors (Lipinski definition) is 4. The van der Waals surface area contributed by atoms with Crippen LogP contribution in [0.2, 0.25) is 0 Å². The molecule has 0 spiro atoms. The van der Waals surface area contributed by atoms with Crippen molar-refractivity contribution in [2.75, 3.05) is 40.3 Å². The van der Waals surface area contributed by atoms with E-state index in [1.54, 1.807) is 0 Å². The fourth-order valence-corrected chi connectivity index (χ4v) is 3.03. The zero-order chi connectivity index (χ0) is 14.8. The average molecular weight is 292 g/mol. The SMILES string of the molecule is CC(=O)N1CCN(S(=O)(=O)N(C)C)C[C@H](C(N)=O)C1. The van der Waals surface area contributed by atoms with Gasteiger partial charge in [0.1, 0.15) is 0 Å². The summed E-state index contributed by atoms with van der Waals surface area (Å²) >= 11 is 0. The summed E-state index contributed by atoms with van der Waals surface area (Å²) in [5.41, 5.74) is 5.27. The maximum absolute atomic E-state index is 12.1. The van der Waals surface area contributed by atoms with Gasteiger partial charge in [-0.2, -0.15) is 17.0 Å². The van der Waals surface area contributed by atoms with Crippen LogP contribution in [-0.2, 0) is 19.8 Å². The van der Waals surface area contributed by atoms with Crippen molar-refractivity contribution in [3.63, 3.8) is 0 Å². The zero-order valence-electron chi connectivity index (χ0n) is 11.4. The van der Waals surface area contributed by atoms with Crippen LogP contribution in [0.5, 0.6) is 0 Å². The summed E-state index contributed by atoms with van der Waals surface area (Å²) in [6.45, 7) is 1.95. The van der Waals surface area contributed by atoms with E-state index in [0.717, 1.165) is 4.31 Å². The maximum atomic E-state index is 12.1. The van der Waals surface area contributed by atoms with E-state index in [1.165, 1.54) is 30.2 Å². The molecule has 1 aliphatic rings. The largest absolute Gasteiger partial charge is 0.369 e. The first kappa shape index (κ1) is 15.9. The minimum absolute atomic E-state index is 0.000370. The van der Waals surface area contributed by atoms with Gasteiger partial charge in [0.25, 0.3) is 10.2 Å². The Morgan fingerprint density at radius 3 is 2.21 bits per heavy atom. The molecule has 2 N–H and O–H groups in total. The molecule has 1 heterocycles. The molecule has 0 aliphatic carbocycles. The molecule has 19 heavy (non-hydrogen) atoms. The zero-order valence-corrected chi connectivity index (χ0v) is 12.2. The van der Waals surface area contributed by atoms with Gasteiger partial charge in [0.05, 0.1) is 5.92 Å². The molecule has 0 radical (unpaired) electrons. The molecule has 1 aliphatic heterocycles. The number of carbonyl (C=O) groups is 2. The van der Waals surface area contributed by atoms with Gasteiger partial charge in [0.15, 0.2) is 0 Å². The van der Waals surface area contributed by atoms with E-state index in [-0.39, 0.29) is 32.1 Å². The monoisotopic (exact) mass is 292 g/mol. The number of nitrogens with two attached hydrogens (primary N) is 1. The molecule has 2 amide bonds. The summed E-state index contributed by atoms with van der Waals surface area (Å²) in [5, 5.41) is 0. The van der Waals surface area contributed by atoms with Crippen LogP contribution in [0.1, 0.15) is 6.92 Å². The lowest BCUT2D eigenvalue weighted by atomic mass is 10.1. The Labute approximate surface area is 113 Å². The van der Waals surface area contributed by atoms with Gasteiger partial charge >= 0.3 is 0 Å². The van der Waals surface area contributed by atoms with Crippen molar-refractivity contribution in [1.82, 2.24) is 13.5 Å². The highest BCUT2D eigenvalue weighted by Gasteiger charge is 2.34. The molecular weight excluding hydrogens is 272 g/mol. The van der Waals surface area contributed by atoms with Crippen LogP contribution in [0.15, 0.2) is 0 Å². The van der Waals surface area contributed by atoms with Crippen molar-refractivity contribution in [1.29, 1.82) is 0 Å². The summed E-state index contributed by atoms with van der Waals surface area (Å²) in [7, 11) is -0.780. The van der Waals surface area contributed by atoms with Crippen LogP contribution in [0, 0.1) is 5.92 Å². The predicted molar refractivity (Wildman–Crippen MR) is 69.1 cm³/mol. The van der Waals surface area contributed by atoms with Gasteiger partial charge in [-0.3, -0.25) is 9.59 Å². The second kappa shape index (κ2) is 5.85. The number of nitrogens with zero attached hydrogens (tertiary/aromatic N) is 3. The van der Waals surface area contributed by atoms with E-state index < -0.39 is 22.0 Å². The molecule has 110 valence electrons. The number of hydrogen-bond donors (Lipinski definition) is 1. The standard InChI is InChI=1S/C10H20N4O4S/c1-8(15)13-4-5-14(19(17,18)12(2)3)7-9(6-13)10(11)16/h9H,4-7H2,1-3H3,(H2,11,16)/t9-/m1/s1. The molecule has 0 bridgehead atoms. The Morgan fingerprint density at radius 2 is 1.79 bits per heavy atom. The Balaban J connectivity index is 3.00. The minimum atomic E-state index is -3.62. The number of primary amides is 1. The van der Waals surface area contributed by atoms with Gasteiger partial charge in [0.2, 0.25) is 11.8 Å². The van der Waals surface area contributed by atoms with E-state index in [0.29, 0.717) is 0 Å². The summed E-state index contributed by atoms with van der Waals surface area (Å²) in [5.74, 6) is -1.50. The second-order valence-corrected chi connectivity index (χ2v) is 6.85. The Hall–Kier alpha value is -1.19. The fourth-order valence-electron chi connectivity index (χ4n) is 1.89. The van der Waals surface area contributed by atoms with Crippen LogP contribution in [-0.4, -0.2) is 74.0 Å². The third-order valence-corrected chi connectivity index (χ3v) is 5.03. The molecule has 0 aromatic rings. The van der Waals surface area contributed by atoms with Crippen LogP contribution in [0.3, 0.4) is 0 Å². The van der Waals surface area contributed by atoms with Gasteiger partial charge in [-0.25, -0.2) is 0 Å². The molecule has 1 atom stereocenters. The van der Waals surface area contributed by atoms with Gasteiger partial charge < -0.3 is 10.6 Å². The summed E-state index contributed by atoms with van der Waals surface area (Å²) in [6.07, 6.45) is 0. The lowest BCUT2D eigenvalue weighted by Crippen LogP contribution is -2.45. The Morgan fingerprint density at radius 1 is 1.21 bits per heavy atom. The summed E-state index contributed by atoms with van der Waals surface area (Å²) in [4.78, 5) is 24.2. The van der Waals surface area contributed by atoms with E-state index in [9.17, 15) is 18.0 Å². The summed E-state index contributed by atoms with van der Waals surface area (Å²) in [6, 6.07) is 0. The highest BCUT2D eigenvalue weighted by Crippen LogP contribution is 2.14. The number of rotatable bonds is 3. The highest BCUT2D eigenvalue weighted by molar-refractivity contribution is 7.86. The molecule has 9 heteroatoms. The van der Waals surface area contributed by atoms with E-state index >= 15 is 0 Å². The van der Waals surface area contributed by atoms with Crippen molar-refractivity contribution < 1.29 is 18.0 Å². The quantitative estimate of drug-likeness (QED) is 0.653. The van der Waals surface area contributed by atoms with Gasteiger partial charge in [-0.05, 0) is 0 Å². The molecule has 1 saturated heterocycles. The van der Waals surface area contributed by atoms with Crippen molar-refractivity contribution in [2.24, 2.45) is 11.7 Å². The number of amides is 2. The molecule has 1 fully saturated rings. The van der Waals surface area contributed by atoms with Crippen molar-refractivity contribution in [2.45, 2.75) is 6.92 Å². The third-order valence-electron chi connectivity index (χ3n) is 3.12. The van der Waals surface area contributed by atoms with Crippen molar-refractivity contribution in [3.8, 4) is 0 Å². The Kier molecular flexibility index (Phi) is 4.88. The normalized spacial score (nSPS) is 22.3. The van der Waals surface area contributed by atoms with Gasteiger partial charge in [-0.1, -0.05) is 0 Å². The lowest BCUT2D eigenvalue weighted by molar-refractivity contribution is -0.130. The van der Waals surface area contributed by atoms with Crippen LogP contribution in [0.25, 0.3) is 0 Å². The first-order valence-corrected chi connectivity index (χ1v) is 7.28. The first-order valence-electron chi connectivity index (χ1n) is 5.88. The Bertz CT molecular complexity index is 462. The van der Waals surface area contributed by atoms with Crippen molar-refractivity contribution >= 4 is 22.0 Å². The topological polar surface area (TPSA) is 104 Å². The average Bonchev–Trinajstić information content (AvgIpc) is 2.51. The van der Waals surface area contributed by atoms with Gasteiger partial charge in [0, 0.05) is 47.2 Å². The van der Waals surface area contributed by atoms with E-state index in [1.807, 2.05) is 0 Å². The van der Waals surface area contributed by atoms with Crippen LogP contribution >= 0.6 is 0 Å². The number of carbonyl (C=O) groups excluding carboxylic acids is 2. The molecule has 0 saturated carbocycles.